The van der Waals surface area contributed by atoms with E-state index in [-0.39, 0.29) is 34.7 Å². The van der Waals surface area contributed by atoms with Gasteiger partial charge in [-0.1, -0.05) is 23.5 Å². The molecule has 47 heavy (non-hydrogen) atoms. The number of anilines is 1. The van der Waals surface area contributed by atoms with E-state index in [1.54, 1.807) is 93.6 Å². The van der Waals surface area contributed by atoms with Crippen molar-refractivity contribution in [1.82, 2.24) is 10.6 Å². The number of imide groups is 1. The number of aliphatic carboxylic acids is 1. The fourth-order valence-corrected chi connectivity index (χ4v) is 6.42. The summed E-state index contributed by atoms with van der Waals surface area (Å²) in [6.45, 7) is 5.43. The van der Waals surface area contributed by atoms with Crippen molar-refractivity contribution >= 4 is 58.8 Å². The zero-order valence-corrected chi connectivity index (χ0v) is 28.1. The van der Waals surface area contributed by atoms with E-state index >= 15 is 0 Å². The number of amides is 4. The highest BCUT2D eigenvalue weighted by Crippen LogP contribution is 2.44. The number of rotatable bonds is 14. The summed E-state index contributed by atoms with van der Waals surface area (Å²) in [7, 11) is 3.08. The lowest BCUT2D eigenvalue weighted by Crippen LogP contribution is -2.36. The highest BCUT2D eigenvalue weighted by molar-refractivity contribution is 8.08. The van der Waals surface area contributed by atoms with E-state index in [0.717, 1.165) is 28.4 Å². The molecule has 1 heterocycles. The van der Waals surface area contributed by atoms with Crippen molar-refractivity contribution < 1.29 is 38.6 Å². The monoisotopic (exact) mass is 677 g/mol. The van der Waals surface area contributed by atoms with Gasteiger partial charge in [-0.3, -0.25) is 24.0 Å². The molecule has 1 aliphatic rings. The largest absolute Gasteiger partial charge is 0.485 e. The molecule has 13 heteroatoms. The summed E-state index contributed by atoms with van der Waals surface area (Å²) in [6, 6.07) is 19.9. The molecule has 3 N–H and O–H groups in total. The number of carboxylic acid groups (broad SMARTS) is 1. The molecule has 0 fully saturated rings. The topological polar surface area (TPSA) is 151 Å². The van der Waals surface area contributed by atoms with Gasteiger partial charge >= 0.3 is 5.97 Å². The third-order valence-electron chi connectivity index (χ3n) is 6.79. The maximum absolute atomic E-state index is 13.9. The van der Waals surface area contributed by atoms with Gasteiger partial charge in [0.2, 0.25) is 0 Å². The Labute approximate surface area is 281 Å². The van der Waals surface area contributed by atoms with E-state index in [2.05, 4.69) is 10.6 Å². The van der Waals surface area contributed by atoms with Gasteiger partial charge in [0.15, 0.2) is 0 Å². The first kappa shape index (κ1) is 35.3. The fourth-order valence-electron chi connectivity index (χ4n) is 4.44. The maximum atomic E-state index is 13.9. The summed E-state index contributed by atoms with van der Waals surface area (Å²) in [4.78, 5) is 65.5. The molecule has 0 aliphatic carbocycles. The van der Waals surface area contributed by atoms with Crippen LogP contribution in [0.25, 0.3) is 0 Å². The van der Waals surface area contributed by atoms with Crippen LogP contribution in [-0.2, 0) is 19.1 Å². The summed E-state index contributed by atoms with van der Waals surface area (Å²) in [5.41, 5.74) is 0.469. The number of nitrogens with one attached hydrogen (secondary N) is 2. The lowest BCUT2D eigenvalue weighted by molar-refractivity contribution is -0.141. The van der Waals surface area contributed by atoms with Gasteiger partial charge in [0.25, 0.3) is 23.6 Å². The van der Waals surface area contributed by atoms with Gasteiger partial charge in [-0.05, 0) is 93.6 Å². The third-order valence-corrected chi connectivity index (χ3v) is 9.11. The number of benzene rings is 3. The smallest absolute Gasteiger partial charge is 0.305 e. The fraction of sp³-hybridized carbons (Fsp3) is 0.265. The van der Waals surface area contributed by atoms with E-state index in [1.807, 2.05) is 0 Å². The lowest BCUT2D eigenvalue weighted by atomic mass is 10.1. The van der Waals surface area contributed by atoms with E-state index in [4.69, 9.17) is 14.6 Å². The molecule has 1 unspecified atom stereocenters. The molecule has 1 aliphatic heterocycles. The summed E-state index contributed by atoms with van der Waals surface area (Å²) in [5.74, 6) is -1.98. The van der Waals surface area contributed by atoms with Gasteiger partial charge in [-0.2, -0.15) is 0 Å². The zero-order valence-electron chi connectivity index (χ0n) is 26.5. The number of thioether (sulfide) groups is 2. The van der Waals surface area contributed by atoms with Crippen molar-refractivity contribution in [3.05, 3.63) is 93.7 Å². The average molecular weight is 678 g/mol. The van der Waals surface area contributed by atoms with Crippen molar-refractivity contribution in [2.75, 3.05) is 25.6 Å². The number of ether oxygens (including phenoxy) is 2. The molecule has 4 amide bonds. The third kappa shape index (κ3) is 9.03. The summed E-state index contributed by atoms with van der Waals surface area (Å²) < 4.78 is 11.7. The Morgan fingerprint density at radius 2 is 1.23 bits per heavy atom. The van der Waals surface area contributed by atoms with Crippen molar-refractivity contribution in [2.24, 2.45) is 0 Å². The summed E-state index contributed by atoms with van der Waals surface area (Å²) in [5, 5.41) is 14.1. The van der Waals surface area contributed by atoms with Gasteiger partial charge < -0.3 is 25.2 Å². The first-order valence-electron chi connectivity index (χ1n) is 14.6. The second-order valence-corrected chi connectivity index (χ2v) is 13.3. The van der Waals surface area contributed by atoms with Crippen LogP contribution < -0.4 is 20.3 Å². The molecule has 0 saturated heterocycles. The minimum absolute atomic E-state index is 0.125. The van der Waals surface area contributed by atoms with Gasteiger partial charge in [-0.15, -0.1) is 0 Å². The van der Waals surface area contributed by atoms with Crippen LogP contribution in [0.1, 0.15) is 47.9 Å². The molecule has 0 bridgehead atoms. The first-order valence-corrected chi connectivity index (χ1v) is 16.2. The molecule has 4 rings (SSSR count). The molecule has 0 aromatic heterocycles. The minimum atomic E-state index is -0.951. The number of hydrogen-bond donors (Lipinski definition) is 3. The van der Waals surface area contributed by atoms with Crippen LogP contribution in [0, 0.1) is 0 Å². The quantitative estimate of drug-likeness (QED) is 0.196. The molecule has 11 nitrogen and oxygen atoms in total. The van der Waals surface area contributed by atoms with Gasteiger partial charge in [0, 0.05) is 35.0 Å². The van der Waals surface area contributed by atoms with Crippen LogP contribution in [0.5, 0.6) is 5.75 Å². The van der Waals surface area contributed by atoms with E-state index < -0.39 is 29.5 Å². The van der Waals surface area contributed by atoms with Crippen molar-refractivity contribution in [3.63, 3.8) is 0 Å². The Morgan fingerprint density at radius 1 is 0.787 bits per heavy atom. The molecular weight excluding hydrogens is 643 g/mol. The van der Waals surface area contributed by atoms with Gasteiger partial charge in [0.1, 0.15) is 11.4 Å². The maximum Gasteiger partial charge on any atom is 0.305 e. The SMILES string of the molecule is CNC(=O)c1ccc(SC2=C(Sc3ccc(C(=O)NC)cc3)C(=O)N(c3ccc(OC(C)(C)COC(C)CC(=O)O)cc3)C2=O)cc1. The van der Waals surface area contributed by atoms with Crippen LogP contribution in [0.15, 0.2) is 92.4 Å². The Balaban J connectivity index is 1.57. The Bertz CT molecular complexity index is 1600. The summed E-state index contributed by atoms with van der Waals surface area (Å²) >= 11 is 2.25. The number of carbonyl (C=O) groups is 5. The van der Waals surface area contributed by atoms with E-state index in [9.17, 15) is 24.0 Å². The molecule has 1 atom stereocenters. The van der Waals surface area contributed by atoms with Gasteiger partial charge in [-0.25, -0.2) is 4.90 Å². The Kier molecular flexibility index (Phi) is 11.5. The lowest BCUT2D eigenvalue weighted by Gasteiger charge is -2.28. The van der Waals surface area contributed by atoms with Gasteiger partial charge in [0.05, 0.1) is 34.6 Å². The molecule has 3 aromatic carbocycles. The van der Waals surface area contributed by atoms with Crippen LogP contribution in [0.2, 0.25) is 0 Å². The number of nitrogens with zero attached hydrogens (tertiary/aromatic N) is 1. The highest BCUT2D eigenvalue weighted by Gasteiger charge is 2.40. The molecule has 0 spiro atoms. The molecule has 246 valence electrons. The number of carbonyl (C=O) groups excluding carboxylic acids is 4. The molecule has 3 aromatic rings. The standard InChI is InChI=1S/C34H35N3O8S2/c1-20(18-27(38)39)44-19-34(2,3)45-24-12-10-23(11-13-24)37-32(42)28(46-25-14-6-21(7-15-25)30(40)35-4)29(33(37)43)47-26-16-8-22(9-17-26)31(41)36-5/h6-17,20H,18-19H2,1-5H3,(H,35,40)(H,36,41)(H,38,39). The molecule has 0 radical (unpaired) electrons. The van der Waals surface area contributed by atoms with Crippen molar-refractivity contribution in [3.8, 4) is 5.75 Å². The second kappa shape index (κ2) is 15.3. The predicted molar refractivity (Wildman–Crippen MR) is 180 cm³/mol. The normalized spacial score (nSPS) is 13.9. The zero-order chi connectivity index (χ0) is 34.3. The number of carboxylic acids is 1. The molecular formula is C34H35N3O8S2. The Hall–Kier alpha value is -4.59. The van der Waals surface area contributed by atoms with Crippen LogP contribution in [-0.4, -0.2) is 67.1 Å². The van der Waals surface area contributed by atoms with Crippen molar-refractivity contribution in [2.45, 2.75) is 48.7 Å². The van der Waals surface area contributed by atoms with E-state index in [0.29, 0.717) is 32.4 Å². The van der Waals surface area contributed by atoms with Crippen molar-refractivity contribution in [1.29, 1.82) is 0 Å². The number of hydrogen-bond acceptors (Lipinski definition) is 9. The summed E-state index contributed by atoms with van der Waals surface area (Å²) in [6.07, 6.45) is -0.612. The Morgan fingerprint density at radius 3 is 1.64 bits per heavy atom. The highest BCUT2D eigenvalue weighted by atomic mass is 32.2. The van der Waals surface area contributed by atoms with E-state index in [1.165, 1.54) is 14.1 Å². The van der Waals surface area contributed by atoms with Crippen LogP contribution >= 0.6 is 23.5 Å². The first-order chi connectivity index (χ1) is 22.3. The van der Waals surface area contributed by atoms with Crippen LogP contribution in [0.4, 0.5) is 5.69 Å². The second-order valence-electron chi connectivity index (χ2n) is 11.1. The average Bonchev–Trinajstić information content (AvgIpc) is 3.27. The minimum Gasteiger partial charge on any atom is -0.485 e. The van der Waals surface area contributed by atoms with Crippen LogP contribution in [0.3, 0.4) is 0 Å². The predicted octanol–water partition coefficient (Wildman–Crippen LogP) is 5.11. The molecule has 0 saturated carbocycles.